The molecule has 36 heavy (non-hydrogen) atoms. The van der Waals surface area contributed by atoms with Crippen LogP contribution in [-0.4, -0.2) is 18.6 Å². The van der Waals surface area contributed by atoms with Gasteiger partial charge in [-0.05, 0) is 72.1 Å². The van der Waals surface area contributed by atoms with E-state index in [2.05, 4.69) is 54.5 Å². The van der Waals surface area contributed by atoms with Crippen molar-refractivity contribution in [3.8, 4) is 11.8 Å². The van der Waals surface area contributed by atoms with Crippen molar-refractivity contribution < 1.29 is 9.53 Å². The van der Waals surface area contributed by atoms with Crippen LogP contribution in [0.25, 0.3) is 0 Å². The fourth-order valence-corrected chi connectivity index (χ4v) is 6.44. The standard InChI is InChI=1S/C32H35NO2S/c1-32(17-18-32)31-25-7-3-4-8-27(33)29(25)30(26(31)15-14-24-16-19-36-21-24)28(34)9-5-6-22-10-12-23(13-11-22)20-35-2/h3-4,8,10-13,21,31H,5-7,9,16-20,33H2,1-2H3. The summed E-state index contributed by atoms with van der Waals surface area (Å²) in [5, 5.41) is 2.17. The monoisotopic (exact) mass is 497 g/mol. The van der Waals surface area contributed by atoms with Gasteiger partial charge in [-0.15, -0.1) is 11.8 Å². The predicted molar refractivity (Wildman–Crippen MR) is 149 cm³/mol. The SMILES string of the molecule is COCc1ccc(CCCC(=O)C2=C(C#CC3=CSCC3)C(C3(C)CC3)C3=C2C(N)=CC=CC3)cc1. The molecule has 0 aromatic heterocycles. The molecule has 0 saturated heterocycles. The largest absolute Gasteiger partial charge is 0.398 e. The number of nitrogens with two attached hydrogens (primary N) is 1. The Morgan fingerprint density at radius 3 is 2.67 bits per heavy atom. The maximum Gasteiger partial charge on any atom is 0.164 e. The quantitative estimate of drug-likeness (QED) is 0.413. The first kappa shape index (κ1) is 24.9. The minimum atomic E-state index is 0.174. The zero-order valence-electron chi connectivity index (χ0n) is 21.4. The van der Waals surface area contributed by atoms with Crippen molar-refractivity contribution in [2.24, 2.45) is 17.1 Å². The molecule has 1 aliphatic heterocycles. The number of hydrogen-bond acceptors (Lipinski definition) is 4. The van der Waals surface area contributed by atoms with Crippen LogP contribution in [0.2, 0.25) is 0 Å². The number of hydrogen-bond donors (Lipinski definition) is 1. The molecule has 1 unspecified atom stereocenters. The lowest BCUT2D eigenvalue weighted by Gasteiger charge is -2.23. The van der Waals surface area contributed by atoms with Crippen molar-refractivity contribution in [3.63, 3.8) is 0 Å². The molecular weight excluding hydrogens is 462 g/mol. The van der Waals surface area contributed by atoms with Crippen molar-refractivity contribution in [1.29, 1.82) is 0 Å². The Balaban J connectivity index is 1.44. The lowest BCUT2D eigenvalue weighted by molar-refractivity contribution is -0.115. The van der Waals surface area contributed by atoms with Crippen LogP contribution in [0.3, 0.4) is 0 Å². The Kier molecular flexibility index (Phi) is 7.42. The first-order valence-electron chi connectivity index (χ1n) is 13.0. The molecule has 2 N–H and O–H groups in total. The van der Waals surface area contributed by atoms with E-state index in [1.54, 1.807) is 7.11 Å². The summed E-state index contributed by atoms with van der Waals surface area (Å²) in [6.45, 7) is 2.97. The number of Topliss-reactive ketones (excluding diaryl/α,β-unsaturated/α-hetero) is 1. The molecule has 1 heterocycles. The zero-order valence-corrected chi connectivity index (χ0v) is 22.2. The van der Waals surface area contributed by atoms with E-state index >= 15 is 0 Å². The predicted octanol–water partition coefficient (Wildman–Crippen LogP) is 6.57. The van der Waals surface area contributed by atoms with Crippen LogP contribution >= 0.6 is 11.8 Å². The molecule has 5 rings (SSSR count). The molecule has 1 atom stereocenters. The van der Waals surface area contributed by atoms with E-state index in [0.29, 0.717) is 18.7 Å². The molecule has 186 valence electrons. The molecule has 0 bridgehead atoms. The Hall–Kier alpha value is -2.74. The normalized spacial score (nSPS) is 22.0. The highest BCUT2D eigenvalue weighted by molar-refractivity contribution is 8.02. The van der Waals surface area contributed by atoms with Gasteiger partial charge in [0.15, 0.2) is 5.78 Å². The first-order valence-corrected chi connectivity index (χ1v) is 14.1. The summed E-state index contributed by atoms with van der Waals surface area (Å²) in [5.74, 6) is 8.45. The highest BCUT2D eigenvalue weighted by Crippen LogP contribution is 2.61. The van der Waals surface area contributed by atoms with Crippen LogP contribution in [0.1, 0.15) is 56.6 Å². The van der Waals surface area contributed by atoms with E-state index in [1.807, 2.05) is 23.9 Å². The maximum absolute atomic E-state index is 13.9. The van der Waals surface area contributed by atoms with Crippen molar-refractivity contribution >= 4 is 17.5 Å². The number of rotatable bonds is 8. The van der Waals surface area contributed by atoms with Crippen molar-refractivity contribution in [3.05, 3.63) is 92.6 Å². The van der Waals surface area contributed by atoms with Gasteiger partial charge < -0.3 is 10.5 Å². The Morgan fingerprint density at radius 2 is 1.97 bits per heavy atom. The van der Waals surface area contributed by atoms with E-state index in [9.17, 15) is 4.79 Å². The van der Waals surface area contributed by atoms with Gasteiger partial charge in [0.2, 0.25) is 0 Å². The molecule has 0 radical (unpaired) electrons. The van der Waals surface area contributed by atoms with Crippen LogP contribution in [0, 0.1) is 23.2 Å². The van der Waals surface area contributed by atoms with Crippen molar-refractivity contribution in [1.82, 2.24) is 0 Å². The van der Waals surface area contributed by atoms with Gasteiger partial charge in [-0.1, -0.05) is 55.2 Å². The number of allylic oxidation sites excluding steroid dienone is 7. The number of carbonyl (C=O) groups is 1. The fraction of sp³-hybridized carbons (Fsp3) is 0.406. The second kappa shape index (κ2) is 10.7. The van der Waals surface area contributed by atoms with Crippen LogP contribution < -0.4 is 5.73 Å². The van der Waals surface area contributed by atoms with Crippen LogP contribution in [-0.2, 0) is 22.6 Å². The second-order valence-electron chi connectivity index (χ2n) is 10.6. The summed E-state index contributed by atoms with van der Waals surface area (Å²) in [6, 6.07) is 8.48. The minimum absolute atomic E-state index is 0.174. The third kappa shape index (κ3) is 5.19. The molecule has 4 aliphatic rings. The summed E-state index contributed by atoms with van der Waals surface area (Å²) in [7, 11) is 1.71. The van der Waals surface area contributed by atoms with Gasteiger partial charge in [-0.25, -0.2) is 0 Å². The van der Waals surface area contributed by atoms with Gasteiger partial charge >= 0.3 is 0 Å². The Morgan fingerprint density at radius 1 is 1.19 bits per heavy atom. The minimum Gasteiger partial charge on any atom is -0.398 e. The number of ketones is 1. The summed E-state index contributed by atoms with van der Waals surface area (Å²) >= 11 is 1.82. The molecule has 1 fully saturated rings. The van der Waals surface area contributed by atoms with E-state index in [1.165, 1.54) is 29.6 Å². The molecule has 1 aromatic rings. The van der Waals surface area contributed by atoms with Crippen molar-refractivity contribution in [2.75, 3.05) is 12.9 Å². The van der Waals surface area contributed by atoms with Gasteiger partial charge in [0.1, 0.15) is 0 Å². The molecular formula is C32H35NO2S. The highest BCUT2D eigenvalue weighted by Gasteiger charge is 2.52. The number of aryl methyl sites for hydroxylation is 1. The lowest BCUT2D eigenvalue weighted by atomic mass is 9.79. The van der Waals surface area contributed by atoms with Crippen LogP contribution in [0.5, 0.6) is 0 Å². The Labute approximate surface area is 219 Å². The third-order valence-corrected chi connectivity index (χ3v) is 8.70. The van der Waals surface area contributed by atoms with Gasteiger partial charge in [-0.3, -0.25) is 4.79 Å². The van der Waals surface area contributed by atoms with Crippen molar-refractivity contribution in [2.45, 2.75) is 58.5 Å². The van der Waals surface area contributed by atoms with E-state index in [4.69, 9.17) is 10.5 Å². The summed E-state index contributed by atoms with van der Waals surface area (Å²) in [4.78, 5) is 13.9. The number of ether oxygens (including phenoxy) is 1. The summed E-state index contributed by atoms with van der Waals surface area (Å²) in [5.41, 5.74) is 15.2. The zero-order chi connectivity index (χ0) is 25.1. The van der Waals surface area contributed by atoms with Gasteiger partial charge in [0.25, 0.3) is 0 Å². The Bertz CT molecular complexity index is 1260. The average molecular weight is 498 g/mol. The summed E-state index contributed by atoms with van der Waals surface area (Å²) < 4.78 is 5.21. The summed E-state index contributed by atoms with van der Waals surface area (Å²) in [6.07, 6.45) is 12.5. The van der Waals surface area contributed by atoms with Gasteiger partial charge in [-0.2, -0.15) is 0 Å². The fourth-order valence-electron chi connectivity index (χ4n) is 5.61. The van der Waals surface area contributed by atoms with Crippen LogP contribution in [0.15, 0.2) is 81.5 Å². The maximum atomic E-state index is 13.9. The third-order valence-electron chi connectivity index (χ3n) is 7.81. The molecule has 1 aromatic carbocycles. The average Bonchev–Trinajstić information content (AvgIpc) is 3.31. The highest BCUT2D eigenvalue weighted by atomic mass is 32.2. The van der Waals surface area contributed by atoms with E-state index in [-0.39, 0.29) is 17.1 Å². The number of thioether (sulfide) groups is 1. The number of benzene rings is 1. The van der Waals surface area contributed by atoms with Gasteiger partial charge in [0.05, 0.1) is 6.61 Å². The molecule has 4 heteroatoms. The molecule has 3 nitrogen and oxygen atoms in total. The van der Waals surface area contributed by atoms with E-state index < -0.39 is 0 Å². The van der Waals surface area contributed by atoms with Crippen LogP contribution in [0.4, 0.5) is 0 Å². The molecule has 1 saturated carbocycles. The first-order chi connectivity index (χ1) is 17.5. The molecule has 3 aliphatic carbocycles. The number of methoxy groups -OCH3 is 1. The topological polar surface area (TPSA) is 52.3 Å². The number of carbonyl (C=O) groups excluding carboxylic acids is 1. The molecule has 0 spiro atoms. The lowest BCUT2D eigenvalue weighted by Crippen LogP contribution is -2.16. The second-order valence-corrected chi connectivity index (χ2v) is 11.5. The molecule has 0 amide bonds. The van der Waals surface area contributed by atoms with Gasteiger partial charge in [0, 0.05) is 53.2 Å². The van der Waals surface area contributed by atoms with E-state index in [0.717, 1.165) is 53.7 Å². The smallest absolute Gasteiger partial charge is 0.164 e.